The second-order valence-electron chi connectivity index (χ2n) is 8.00. The minimum atomic E-state index is 0. The molecule has 1 amide bonds. The van der Waals surface area contributed by atoms with Crippen molar-refractivity contribution < 1.29 is 4.79 Å². The van der Waals surface area contributed by atoms with E-state index in [9.17, 15) is 4.79 Å². The number of fused-ring (bicyclic) bond motifs is 1. The standard InChI is InChI=1S/C19H31N5O.ClH/c25-18(7-6-15-4-2-1-3-5-15)23-11-8-16(9-12-23)19-22-21-17-14-20-10-13-24(17)19;/h15-16,20H,1-14H2;1H. The maximum Gasteiger partial charge on any atom is 0.222 e. The average molecular weight is 382 g/mol. The average Bonchev–Trinajstić information content (AvgIpc) is 3.11. The Kier molecular flexibility index (Phi) is 6.92. The number of hydrogen-bond acceptors (Lipinski definition) is 4. The van der Waals surface area contributed by atoms with Crippen molar-refractivity contribution in [3.8, 4) is 0 Å². The van der Waals surface area contributed by atoms with Crippen LogP contribution in [0.15, 0.2) is 0 Å². The zero-order chi connectivity index (χ0) is 17.1. The number of rotatable bonds is 4. The Morgan fingerprint density at radius 3 is 2.58 bits per heavy atom. The number of piperidine rings is 1. The van der Waals surface area contributed by atoms with Crippen LogP contribution in [0, 0.1) is 5.92 Å². The molecule has 7 heteroatoms. The molecule has 2 aliphatic heterocycles. The highest BCUT2D eigenvalue weighted by atomic mass is 35.5. The SMILES string of the molecule is Cl.O=C(CCC1CCCCC1)N1CCC(c2nnc3n2CCNC3)CC1. The first-order valence-electron chi connectivity index (χ1n) is 10.2. The van der Waals surface area contributed by atoms with Crippen molar-refractivity contribution in [1.29, 1.82) is 0 Å². The lowest BCUT2D eigenvalue weighted by Crippen LogP contribution is -2.39. The van der Waals surface area contributed by atoms with Gasteiger partial charge >= 0.3 is 0 Å². The molecule has 0 spiro atoms. The third-order valence-corrected chi connectivity index (χ3v) is 6.36. The number of carbonyl (C=O) groups is 1. The van der Waals surface area contributed by atoms with Crippen LogP contribution in [0.25, 0.3) is 0 Å². The number of carbonyl (C=O) groups excluding carboxylic acids is 1. The van der Waals surface area contributed by atoms with Crippen molar-refractivity contribution in [3.05, 3.63) is 11.6 Å². The third-order valence-electron chi connectivity index (χ3n) is 6.36. The molecular weight excluding hydrogens is 350 g/mol. The molecule has 1 aromatic heterocycles. The zero-order valence-corrected chi connectivity index (χ0v) is 16.5. The van der Waals surface area contributed by atoms with Gasteiger partial charge in [-0.25, -0.2) is 0 Å². The first kappa shape index (κ1) is 19.6. The van der Waals surface area contributed by atoms with Gasteiger partial charge in [0.2, 0.25) is 5.91 Å². The van der Waals surface area contributed by atoms with E-state index < -0.39 is 0 Å². The van der Waals surface area contributed by atoms with E-state index in [1.54, 1.807) is 0 Å². The number of halogens is 1. The number of nitrogens with zero attached hydrogens (tertiary/aromatic N) is 4. The topological polar surface area (TPSA) is 63.1 Å². The van der Waals surface area contributed by atoms with Crippen LogP contribution in [0.3, 0.4) is 0 Å². The normalized spacial score (nSPS) is 21.9. The first-order chi connectivity index (χ1) is 12.3. The summed E-state index contributed by atoms with van der Waals surface area (Å²) in [6.45, 7) is 4.56. The van der Waals surface area contributed by atoms with Crippen LogP contribution in [0.2, 0.25) is 0 Å². The monoisotopic (exact) mass is 381 g/mol. The number of amides is 1. The van der Waals surface area contributed by atoms with Gasteiger partial charge in [-0.1, -0.05) is 32.1 Å². The van der Waals surface area contributed by atoms with Gasteiger partial charge in [-0.15, -0.1) is 22.6 Å². The molecular formula is C19H32ClN5O. The van der Waals surface area contributed by atoms with Crippen molar-refractivity contribution in [2.24, 2.45) is 5.92 Å². The van der Waals surface area contributed by atoms with E-state index in [-0.39, 0.29) is 12.4 Å². The Morgan fingerprint density at radius 1 is 1.04 bits per heavy atom. The van der Waals surface area contributed by atoms with Gasteiger partial charge in [0.15, 0.2) is 0 Å². The summed E-state index contributed by atoms with van der Waals surface area (Å²) >= 11 is 0. The molecule has 3 aliphatic rings. The first-order valence-corrected chi connectivity index (χ1v) is 10.2. The summed E-state index contributed by atoms with van der Waals surface area (Å²) in [5.74, 6) is 3.84. The molecule has 1 saturated heterocycles. The van der Waals surface area contributed by atoms with E-state index in [0.717, 1.165) is 76.0 Å². The molecule has 6 nitrogen and oxygen atoms in total. The molecule has 0 atom stereocenters. The van der Waals surface area contributed by atoms with Crippen molar-refractivity contribution in [1.82, 2.24) is 25.0 Å². The van der Waals surface area contributed by atoms with E-state index in [1.165, 1.54) is 32.1 Å². The van der Waals surface area contributed by atoms with Gasteiger partial charge < -0.3 is 14.8 Å². The summed E-state index contributed by atoms with van der Waals surface area (Å²) in [4.78, 5) is 14.6. The fraction of sp³-hybridized carbons (Fsp3) is 0.842. The maximum atomic E-state index is 12.6. The van der Waals surface area contributed by atoms with Crippen molar-refractivity contribution in [2.45, 2.75) is 76.8 Å². The van der Waals surface area contributed by atoms with Crippen LogP contribution in [0.5, 0.6) is 0 Å². The summed E-state index contributed by atoms with van der Waals surface area (Å²) in [6, 6.07) is 0. The van der Waals surface area contributed by atoms with Crippen molar-refractivity contribution in [2.75, 3.05) is 19.6 Å². The Morgan fingerprint density at radius 2 is 1.81 bits per heavy atom. The molecule has 146 valence electrons. The molecule has 1 N–H and O–H groups in total. The highest BCUT2D eigenvalue weighted by Crippen LogP contribution is 2.30. The van der Waals surface area contributed by atoms with Gasteiger partial charge in [0.05, 0.1) is 6.54 Å². The molecule has 0 unspecified atom stereocenters. The second-order valence-corrected chi connectivity index (χ2v) is 8.00. The lowest BCUT2D eigenvalue weighted by Gasteiger charge is -2.32. The van der Waals surface area contributed by atoms with Gasteiger partial charge in [-0.05, 0) is 25.2 Å². The van der Waals surface area contributed by atoms with Crippen molar-refractivity contribution >= 4 is 18.3 Å². The summed E-state index contributed by atoms with van der Waals surface area (Å²) in [7, 11) is 0. The number of aromatic nitrogens is 3. The van der Waals surface area contributed by atoms with Gasteiger partial charge in [-0.3, -0.25) is 4.79 Å². The summed E-state index contributed by atoms with van der Waals surface area (Å²) in [5, 5.41) is 12.1. The fourth-order valence-electron chi connectivity index (χ4n) is 4.77. The largest absolute Gasteiger partial charge is 0.343 e. The lowest BCUT2D eigenvalue weighted by atomic mass is 9.86. The minimum absolute atomic E-state index is 0. The molecule has 1 aliphatic carbocycles. The molecule has 0 bridgehead atoms. The van der Waals surface area contributed by atoms with Gasteiger partial charge in [0.25, 0.3) is 0 Å². The molecule has 2 fully saturated rings. The number of nitrogens with one attached hydrogen (secondary N) is 1. The van der Waals surface area contributed by atoms with Crippen LogP contribution in [-0.2, 0) is 17.9 Å². The quantitative estimate of drug-likeness (QED) is 0.871. The van der Waals surface area contributed by atoms with E-state index >= 15 is 0 Å². The molecule has 1 aromatic rings. The summed E-state index contributed by atoms with van der Waals surface area (Å²) < 4.78 is 2.29. The molecule has 0 aromatic carbocycles. The predicted octanol–water partition coefficient (Wildman–Crippen LogP) is 2.87. The van der Waals surface area contributed by atoms with E-state index in [2.05, 4.69) is 25.0 Å². The van der Waals surface area contributed by atoms with Gasteiger partial charge in [0.1, 0.15) is 11.6 Å². The predicted molar refractivity (Wildman–Crippen MR) is 103 cm³/mol. The minimum Gasteiger partial charge on any atom is -0.343 e. The van der Waals surface area contributed by atoms with E-state index in [1.807, 2.05) is 0 Å². The molecule has 1 saturated carbocycles. The second kappa shape index (κ2) is 9.18. The van der Waals surface area contributed by atoms with E-state index in [0.29, 0.717) is 11.8 Å². The third kappa shape index (κ3) is 4.39. The highest BCUT2D eigenvalue weighted by molar-refractivity contribution is 5.85. The smallest absolute Gasteiger partial charge is 0.222 e. The maximum absolute atomic E-state index is 12.6. The number of likely N-dealkylation sites (tertiary alicyclic amines) is 1. The Bertz CT molecular complexity index is 591. The van der Waals surface area contributed by atoms with Crippen molar-refractivity contribution in [3.63, 3.8) is 0 Å². The van der Waals surface area contributed by atoms with Gasteiger partial charge in [0, 0.05) is 38.5 Å². The molecule has 0 radical (unpaired) electrons. The van der Waals surface area contributed by atoms with Crippen LogP contribution in [0.1, 0.15) is 75.4 Å². The highest BCUT2D eigenvalue weighted by Gasteiger charge is 2.29. The summed E-state index contributed by atoms with van der Waals surface area (Å²) in [6.07, 6.45) is 10.7. The molecule has 3 heterocycles. The Balaban J connectivity index is 0.00000196. The molecule has 4 rings (SSSR count). The van der Waals surface area contributed by atoms with Crippen LogP contribution >= 0.6 is 12.4 Å². The lowest BCUT2D eigenvalue weighted by molar-refractivity contribution is -0.132. The van der Waals surface area contributed by atoms with Crippen LogP contribution in [0.4, 0.5) is 0 Å². The van der Waals surface area contributed by atoms with Crippen LogP contribution in [-0.4, -0.2) is 45.2 Å². The number of hydrogen-bond donors (Lipinski definition) is 1. The zero-order valence-electron chi connectivity index (χ0n) is 15.7. The van der Waals surface area contributed by atoms with E-state index in [4.69, 9.17) is 0 Å². The Hall–Kier alpha value is -1.14. The Labute approximate surface area is 162 Å². The summed E-state index contributed by atoms with van der Waals surface area (Å²) in [5.41, 5.74) is 0. The van der Waals surface area contributed by atoms with Crippen LogP contribution < -0.4 is 5.32 Å². The fourth-order valence-corrected chi connectivity index (χ4v) is 4.77. The molecule has 26 heavy (non-hydrogen) atoms. The van der Waals surface area contributed by atoms with Gasteiger partial charge in [-0.2, -0.15) is 0 Å².